The number of hydrogen-bond donors (Lipinski definition) is 2. The van der Waals surface area contributed by atoms with Crippen LogP contribution in [0.2, 0.25) is 0 Å². The van der Waals surface area contributed by atoms with E-state index in [9.17, 15) is 4.79 Å². The van der Waals surface area contributed by atoms with E-state index >= 15 is 0 Å². The zero-order valence-corrected chi connectivity index (χ0v) is 11.7. The maximum absolute atomic E-state index is 12.1. The van der Waals surface area contributed by atoms with Crippen molar-refractivity contribution in [3.8, 4) is 0 Å². The van der Waals surface area contributed by atoms with Crippen LogP contribution in [0.1, 0.15) is 49.8 Å². The smallest absolute Gasteiger partial charge is 0.246 e. The van der Waals surface area contributed by atoms with Gasteiger partial charge in [0.15, 0.2) is 0 Å². The second-order valence-electron chi connectivity index (χ2n) is 6.15. The summed E-state index contributed by atoms with van der Waals surface area (Å²) in [5.41, 5.74) is 3.29. The van der Waals surface area contributed by atoms with Gasteiger partial charge in [-0.3, -0.25) is 10.1 Å². The monoisotopic (exact) mass is 258 g/mol. The summed E-state index contributed by atoms with van der Waals surface area (Å²) in [6, 6.07) is 6.49. The fourth-order valence-corrected chi connectivity index (χ4v) is 3.37. The first-order chi connectivity index (χ1) is 9.13. The van der Waals surface area contributed by atoms with E-state index in [-0.39, 0.29) is 11.9 Å². The van der Waals surface area contributed by atoms with E-state index in [2.05, 4.69) is 30.5 Å². The molecule has 1 heterocycles. The number of nitrogens with one attached hydrogen (secondary N) is 2. The highest BCUT2D eigenvalue weighted by Crippen LogP contribution is 2.33. The molecule has 1 aliphatic heterocycles. The molecular formula is C16H22N2O. The molecule has 0 aromatic heterocycles. The van der Waals surface area contributed by atoms with E-state index in [1.165, 1.54) is 31.2 Å². The molecule has 1 aromatic rings. The third kappa shape index (κ3) is 2.52. The second kappa shape index (κ2) is 4.97. The van der Waals surface area contributed by atoms with Crippen molar-refractivity contribution >= 4 is 11.6 Å². The summed E-state index contributed by atoms with van der Waals surface area (Å²) in [7, 11) is 0. The molecule has 19 heavy (non-hydrogen) atoms. The fourth-order valence-electron chi connectivity index (χ4n) is 3.37. The maximum Gasteiger partial charge on any atom is 0.246 e. The SMILES string of the molecule is Cc1ccc2c(c1)C(NC1CCCC(C)C1)C(=O)N2. The van der Waals surface area contributed by atoms with E-state index in [0.717, 1.165) is 17.2 Å². The quantitative estimate of drug-likeness (QED) is 0.855. The number of hydrogen-bond acceptors (Lipinski definition) is 2. The Morgan fingerprint density at radius 1 is 1.32 bits per heavy atom. The van der Waals surface area contributed by atoms with Crippen molar-refractivity contribution in [3.63, 3.8) is 0 Å². The summed E-state index contributed by atoms with van der Waals surface area (Å²) in [6.45, 7) is 4.38. The summed E-state index contributed by atoms with van der Waals surface area (Å²) < 4.78 is 0. The Kier molecular flexibility index (Phi) is 3.31. The maximum atomic E-state index is 12.1. The Bertz CT molecular complexity index is 498. The molecule has 2 aliphatic rings. The van der Waals surface area contributed by atoms with Gasteiger partial charge in [-0.15, -0.1) is 0 Å². The molecule has 0 saturated heterocycles. The third-order valence-electron chi connectivity index (χ3n) is 4.38. The summed E-state index contributed by atoms with van der Waals surface area (Å²) in [5.74, 6) is 0.867. The minimum absolute atomic E-state index is 0.0961. The van der Waals surface area contributed by atoms with E-state index in [1.807, 2.05) is 12.1 Å². The first kappa shape index (κ1) is 12.7. The van der Waals surface area contributed by atoms with Gasteiger partial charge in [0.05, 0.1) is 0 Å². The van der Waals surface area contributed by atoms with Crippen molar-refractivity contribution in [2.75, 3.05) is 5.32 Å². The van der Waals surface area contributed by atoms with Gasteiger partial charge in [0, 0.05) is 17.3 Å². The van der Waals surface area contributed by atoms with Gasteiger partial charge >= 0.3 is 0 Å². The first-order valence-corrected chi connectivity index (χ1v) is 7.31. The molecule has 1 amide bonds. The summed E-state index contributed by atoms with van der Waals surface area (Å²) in [6.07, 6.45) is 4.97. The van der Waals surface area contributed by atoms with Crippen molar-refractivity contribution in [1.29, 1.82) is 0 Å². The number of fused-ring (bicyclic) bond motifs is 1. The lowest BCUT2D eigenvalue weighted by Crippen LogP contribution is -2.39. The van der Waals surface area contributed by atoms with Crippen LogP contribution in [0.15, 0.2) is 18.2 Å². The normalized spacial score (nSPS) is 30.0. The van der Waals surface area contributed by atoms with Crippen LogP contribution in [0.4, 0.5) is 5.69 Å². The largest absolute Gasteiger partial charge is 0.324 e. The van der Waals surface area contributed by atoms with Crippen molar-refractivity contribution in [2.45, 2.75) is 51.6 Å². The topological polar surface area (TPSA) is 41.1 Å². The van der Waals surface area contributed by atoms with Crippen LogP contribution in [0.25, 0.3) is 0 Å². The van der Waals surface area contributed by atoms with E-state index in [0.29, 0.717) is 6.04 Å². The minimum atomic E-state index is -0.162. The number of rotatable bonds is 2. The minimum Gasteiger partial charge on any atom is -0.324 e. The Morgan fingerprint density at radius 3 is 2.95 bits per heavy atom. The molecule has 0 spiro atoms. The molecular weight excluding hydrogens is 236 g/mol. The van der Waals surface area contributed by atoms with Crippen molar-refractivity contribution in [3.05, 3.63) is 29.3 Å². The van der Waals surface area contributed by atoms with E-state index in [1.54, 1.807) is 0 Å². The van der Waals surface area contributed by atoms with Gasteiger partial charge in [0.1, 0.15) is 6.04 Å². The number of aryl methyl sites for hydroxylation is 1. The number of carbonyl (C=O) groups is 1. The summed E-state index contributed by atoms with van der Waals surface area (Å²) in [4.78, 5) is 12.1. The molecule has 3 heteroatoms. The van der Waals surface area contributed by atoms with Crippen LogP contribution >= 0.6 is 0 Å². The Morgan fingerprint density at radius 2 is 2.16 bits per heavy atom. The number of carbonyl (C=O) groups excluding carboxylic acids is 1. The average Bonchev–Trinajstić information content (AvgIpc) is 2.66. The molecule has 3 rings (SSSR count). The summed E-state index contributed by atoms with van der Waals surface area (Å²) in [5, 5.41) is 6.54. The number of benzene rings is 1. The molecule has 1 aromatic carbocycles. The van der Waals surface area contributed by atoms with Gasteiger partial charge in [-0.2, -0.15) is 0 Å². The second-order valence-corrected chi connectivity index (χ2v) is 6.15. The molecule has 1 saturated carbocycles. The van der Waals surface area contributed by atoms with Crippen LogP contribution in [0.5, 0.6) is 0 Å². The molecule has 3 nitrogen and oxygen atoms in total. The van der Waals surface area contributed by atoms with E-state index < -0.39 is 0 Å². The van der Waals surface area contributed by atoms with Gasteiger partial charge in [-0.1, -0.05) is 37.5 Å². The summed E-state index contributed by atoms with van der Waals surface area (Å²) >= 11 is 0. The van der Waals surface area contributed by atoms with Gasteiger partial charge in [-0.05, 0) is 31.7 Å². The molecule has 0 bridgehead atoms. The average molecular weight is 258 g/mol. The molecule has 3 unspecified atom stereocenters. The Balaban J connectivity index is 1.78. The lowest BCUT2D eigenvalue weighted by molar-refractivity contribution is -0.118. The lowest BCUT2D eigenvalue weighted by Gasteiger charge is -2.29. The molecule has 2 N–H and O–H groups in total. The van der Waals surface area contributed by atoms with Gasteiger partial charge in [-0.25, -0.2) is 0 Å². The Hall–Kier alpha value is -1.35. The molecule has 0 radical (unpaired) electrons. The number of anilines is 1. The van der Waals surface area contributed by atoms with Crippen molar-refractivity contribution in [2.24, 2.45) is 5.92 Å². The van der Waals surface area contributed by atoms with Gasteiger partial charge in [0.2, 0.25) is 5.91 Å². The van der Waals surface area contributed by atoms with Gasteiger partial charge < -0.3 is 5.32 Å². The fraction of sp³-hybridized carbons (Fsp3) is 0.562. The zero-order valence-electron chi connectivity index (χ0n) is 11.7. The van der Waals surface area contributed by atoms with Crippen LogP contribution in [0.3, 0.4) is 0 Å². The highest BCUT2D eigenvalue weighted by Gasteiger charge is 2.33. The van der Waals surface area contributed by atoms with Crippen LogP contribution in [-0.4, -0.2) is 11.9 Å². The highest BCUT2D eigenvalue weighted by atomic mass is 16.2. The lowest BCUT2D eigenvalue weighted by atomic mass is 9.86. The van der Waals surface area contributed by atoms with Crippen LogP contribution in [0, 0.1) is 12.8 Å². The first-order valence-electron chi connectivity index (χ1n) is 7.31. The predicted molar refractivity (Wildman–Crippen MR) is 77.1 cm³/mol. The molecule has 1 fully saturated rings. The molecule has 3 atom stereocenters. The van der Waals surface area contributed by atoms with Gasteiger partial charge in [0.25, 0.3) is 0 Å². The highest BCUT2D eigenvalue weighted by molar-refractivity contribution is 6.02. The standard InChI is InChI=1S/C16H22N2O/c1-10-4-3-5-12(8-10)17-15-13-9-11(2)6-7-14(13)18-16(15)19/h6-7,9-10,12,15,17H,3-5,8H2,1-2H3,(H,18,19). The van der Waals surface area contributed by atoms with Crippen molar-refractivity contribution < 1.29 is 4.79 Å². The third-order valence-corrected chi connectivity index (χ3v) is 4.38. The van der Waals surface area contributed by atoms with Crippen LogP contribution < -0.4 is 10.6 Å². The molecule has 1 aliphatic carbocycles. The van der Waals surface area contributed by atoms with Crippen LogP contribution in [-0.2, 0) is 4.79 Å². The van der Waals surface area contributed by atoms with E-state index in [4.69, 9.17) is 0 Å². The molecule has 102 valence electrons. The number of amides is 1. The zero-order chi connectivity index (χ0) is 13.4. The predicted octanol–water partition coefficient (Wildman–Crippen LogP) is 3.16. The Labute approximate surface area is 114 Å². The van der Waals surface area contributed by atoms with Crippen molar-refractivity contribution in [1.82, 2.24) is 5.32 Å².